The van der Waals surface area contributed by atoms with E-state index in [0.717, 1.165) is 41.5 Å². The SMILES string of the molecule is CCN1CCCc2cc(C=NNc3nc(-c4ccccc4)cs3)ccc21. The summed E-state index contributed by atoms with van der Waals surface area (Å²) in [5.74, 6) is 0. The highest BCUT2D eigenvalue weighted by Gasteiger charge is 2.15. The lowest BCUT2D eigenvalue weighted by molar-refractivity contribution is 0.708. The Bertz CT molecular complexity index is 901. The van der Waals surface area contributed by atoms with E-state index in [4.69, 9.17) is 0 Å². The number of benzene rings is 2. The van der Waals surface area contributed by atoms with Crippen molar-refractivity contribution in [1.82, 2.24) is 4.98 Å². The van der Waals surface area contributed by atoms with Crippen molar-refractivity contribution in [2.24, 2.45) is 5.10 Å². The molecule has 1 N–H and O–H groups in total. The van der Waals surface area contributed by atoms with Gasteiger partial charge in [-0.3, -0.25) is 5.43 Å². The molecule has 0 aliphatic carbocycles. The van der Waals surface area contributed by atoms with Gasteiger partial charge in [0.1, 0.15) is 0 Å². The van der Waals surface area contributed by atoms with Crippen molar-refractivity contribution < 1.29 is 0 Å². The predicted octanol–water partition coefficient (Wildman–Crippen LogP) is 5.03. The highest BCUT2D eigenvalue weighted by Crippen LogP contribution is 2.27. The number of nitrogens with one attached hydrogen (secondary N) is 1. The Morgan fingerprint density at radius 1 is 1.23 bits per heavy atom. The van der Waals surface area contributed by atoms with Crippen LogP contribution in [0, 0.1) is 0 Å². The Morgan fingerprint density at radius 2 is 2.12 bits per heavy atom. The summed E-state index contributed by atoms with van der Waals surface area (Å²) in [6, 6.07) is 16.8. The van der Waals surface area contributed by atoms with Crippen LogP contribution in [0.25, 0.3) is 11.3 Å². The Labute approximate surface area is 158 Å². The van der Waals surface area contributed by atoms with Crippen molar-refractivity contribution in [2.45, 2.75) is 19.8 Å². The van der Waals surface area contributed by atoms with Gasteiger partial charge >= 0.3 is 0 Å². The molecule has 0 amide bonds. The number of aromatic nitrogens is 1. The molecule has 3 aromatic rings. The molecule has 26 heavy (non-hydrogen) atoms. The molecule has 0 radical (unpaired) electrons. The number of hydrazone groups is 1. The molecule has 4 nitrogen and oxygen atoms in total. The summed E-state index contributed by atoms with van der Waals surface area (Å²) in [7, 11) is 0. The van der Waals surface area contributed by atoms with Crippen LogP contribution >= 0.6 is 11.3 Å². The Morgan fingerprint density at radius 3 is 2.96 bits per heavy atom. The van der Waals surface area contributed by atoms with Gasteiger partial charge in [-0.25, -0.2) is 4.98 Å². The van der Waals surface area contributed by atoms with Gasteiger partial charge in [-0.2, -0.15) is 5.10 Å². The van der Waals surface area contributed by atoms with Gasteiger partial charge in [0.25, 0.3) is 0 Å². The van der Waals surface area contributed by atoms with E-state index < -0.39 is 0 Å². The molecule has 0 saturated heterocycles. The largest absolute Gasteiger partial charge is 0.372 e. The molecular weight excluding hydrogens is 340 g/mol. The molecule has 0 bridgehead atoms. The fourth-order valence-corrected chi connectivity index (χ4v) is 4.00. The molecule has 5 heteroatoms. The standard InChI is InChI=1S/C21H22N4S/c1-2-25-12-6-9-18-13-16(10-11-20(18)25)14-22-24-21-23-19(15-26-21)17-7-4-3-5-8-17/h3-5,7-8,10-11,13-15H,2,6,9,12H2,1H3,(H,23,24). The van der Waals surface area contributed by atoms with Crippen LogP contribution in [-0.4, -0.2) is 24.3 Å². The number of fused-ring (bicyclic) bond motifs is 1. The number of aryl methyl sites for hydroxylation is 1. The van der Waals surface area contributed by atoms with E-state index in [2.05, 4.69) is 57.7 Å². The lowest BCUT2D eigenvalue weighted by Crippen LogP contribution is -2.28. The maximum absolute atomic E-state index is 4.59. The maximum atomic E-state index is 4.59. The zero-order valence-electron chi connectivity index (χ0n) is 14.9. The van der Waals surface area contributed by atoms with Crippen LogP contribution in [0.15, 0.2) is 59.0 Å². The van der Waals surface area contributed by atoms with Gasteiger partial charge in [0, 0.05) is 29.7 Å². The number of rotatable bonds is 5. The molecule has 1 aromatic heterocycles. The van der Waals surface area contributed by atoms with Crippen LogP contribution < -0.4 is 10.3 Å². The zero-order valence-corrected chi connectivity index (χ0v) is 15.7. The summed E-state index contributed by atoms with van der Waals surface area (Å²) in [4.78, 5) is 7.03. The molecule has 4 rings (SSSR count). The number of anilines is 2. The second kappa shape index (κ2) is 7.70. The van der Waals surface area contributed by atoms with E-state index in [1.54, 1.807) is 11.3 Å². The molecule has 2 heterocycles. The van der Waals surface area contributed by atoms with Crippen LogP contribution in [0.2, 0.25) is 0 Å². The van der Waals surface area contributed by atoms with Gasteiger partial charge in [-0.05, 0) is 43.0 Å². The summed E-state index contributed by atoms with van der Waals surface area (Å²) in [6.07, 6.45) is 4.24. The van der Waals surface area contributed by atoms with Crippen molar-refractivity contribution in [3.05, 3.63) is 65.0 Å². The predicted molar refractivity (Wildman–Crippen MR) is 111 cm³/mol. The van der Waals surface area contributed by atoms with Crippen molar-refractivity contribution in [3.63, 3.8) is 0 Å². The third-order valence-corrected chi connectivity index (χ3v) is 5.39. The zero-order chi connectivity index (χ0) is 17.8. The van der Waals surface area contributed by atoms with Crippen molar-refractivity contribution in [2.75, 3.05) is 23.4 Å². The van der Waals surface area contributed by atoms with Gasteiger partial charge in [0.05, 0.1) is 11.9 Å². The lowest BCUT2D eigenvalue weighted by Gasteiger charge is -2.30. The Kier molecular flexibility index (Phi) is 4.97. The van der Waals surface area contributed by atoms with Crippen LogP contribution in [0.1, 0.15) is 24.5 Å². The normalized spacial score (nSPS) is 13.8. The van der Waals surface area contributed by atoms with Gasteiger partial charge in [0.2, 0.25) is 5.13 Å². The summed E-state index contributed by atoms with van der Waals surface area (Å²) < 4.78 is 0. The van der Waals surface area contributed by atoms with Gasteiger partial charge in [-0.1, -0.05) is 36.4 Å². The molecule has 132 valence electrons. The first kappa shape index (κ1) is 16.8. The number of nitrogens with zero attached hydrogens (tertiary/aromatic N) is 3. The highest BCUT2D eigenvalue weighted by atomic mass is 32.1. The second-order valence-electron chi connectivity index (χ2n) is 6.35. The van der Waals surface area contributed by atoms with E-state index in [-0.39, 0.29) is 0 Å². The van der Waals surface area contributed by atoms with Crippen molar-refractivity contribution in [1.29, 1.82) is 0 Å². The maximum Gasteiger partial charge on any atom is 0.203 e. The second-order valence-corrected chi connectivity index (χ2v) is 7.20. The fraction of sp³-hybridized carbons (Fsp3) is 0.238. The first-order valence-corrected chi connectivity index (χ1v) is 9.89. The van der Waals surface area contributed by atoms with Crippen LogP contribution in [0.3, 0.4) is 0 Å². The Balaban J connectivity index is 1.44. The molecule has 0 fully saturated rings. The van der Waals surface area contributed by atoms with Crippen LogP contribution in [0.4, 0.5) is 10.8 Å². The Hall–Kier alpha value is -2.66. The van der Waals surface area contributed by atoms with E-state index in [1.807, 2.05) is 29.8 Å². The monoisotopic (exact) mass is 362 g/mol. The smallest absolute Gasteiger partial charge is 0.203 e. The lowest BCUT2D eigenvalue weighted by atomic mass is 9.99. The fourth-order valence-electron chi connectivity index (χ4n) is 3.33. The average molecular weight is 363 g/mol. The average Bonchev–Trinajstić information content (AvgIpc) is 3.17. The number of thiazole rings is 1. The third-order valence-electron chi connectivity index (χ3n) is 4.65. The molecule has 1 aliphatic rings. The molecule has 1 aliphatic heterocycles. The first-order chi connectivity index (χ1) is 12.8. The molecule has 0 atom stereocenters. The number of hydrogen-bond acceptors (Lipinski definition) is 5. The molecule has 0 spiro atoms. The van der Waals surface area contributed by atoms with Crippen LogP contribution in [-0.2, 0) is 6.42 Å². The van der Waals surface area contributed by atoms with E-state index in [1.165, 1.54) is 17.7 Å². The highest BCUT2D eigenvalue weighted by molar-refractivity contribution is 7.14. The van der Waals surface area contributed by atoms with Gasteiger partial charge in [-0.15, -0.1) is 11.3 Å². The molecule has 0 saturated carbocycles. The van der Waals surface area contributed by atoms with E-state index in [9.17, 15) is 0 Å². The minimum atomic E-state index is 0.801. The topological polar surface area (TPSA) is 40.5 Å². The number of hydrogen-bond donors (Lipinski definition) is 1. The van der Waals surface area contributed by atoms with Crippen molar-refractivity contribution >= 4 is 28.4 Å². The van der Waals surface area contributed by atoms with Crippen molar-refractivity contribution in [3.8, 4) is 11.3 Å². The first-order valence-electron chi connectivity index (χ1n) is 9.01. The van der Waals surface area contributed by atoms with E-state index in [0.29, 0.717) is 0 Å². The third kappa shape index (κ3) is 3.63. The minimum Gasteiger partial charge on any atom is -0.372 e. The molecule has 0 unspecified atom stereocenters. The van der Waals surface area contributed by atoms with Gasteiger partial charge in [0.15, 0.2) is 0 Å². The van der Waals surface area contributed by atoms with Crippen LogP contribution in [0.5, 0.6) is 0 Å². The summed E-state index contributed by atoms with van der Waals surface area (Å²) in [6.45, 7) is 4.44. The summed E-state index contributed by atoms with van der Waals surface area (Å²) >= 11 is 1.56. The molecular formula is C21H22N4S. The van der Waals surface area contributed by atoms with Gasteiger partial charge < -0.3 is 4.90 Å². The van der Waals surface area contributed by atoms with E-state index >= 15 is 0 Å². The molecule has 2 aromatic carbocycles. The quantitative estimate of drug-likeness (QED) is 0.511. The summed E-state index contributed by atoms with van der Waals surface area (Å²) in [5.41, 5.74) is 9.05. The minimum absolute atomic E-state index is 0.801. The summed E-state index contributed by atoms with van der Waals surface area (Å²) in [5, 5.41) is 7.21.